The molecule has 2 amide bonds. The van der Waals surface area contributed by atoms with E-state index in [2.05, 4.69) is 34.7 Å². The van der Waals surface area contributed by atoms with Gasteiger partial charge in [-0.2, -0.15) is 0 Å². The first-order valence-corrected chi connectivity index (χ1v) is 12.7. The summed E-state index contributed by atoms with van der Waals surface area (Å²) in [6.07, 6.45) is 0. The Balaban J connectivity index is 1.65. The van der Waals surface area contributed by atoms with Gasteiger partial charge in [-0.3, -0.25) is 9.59 Å². The lowest BCUT2D eigenvalue weighted by molar-refractivity contribution is -0.113. The molecule has 0 bridgehead atoms. The summed E-state index contributed by atoms with van der Waals surface area (Å²) in [4.78, 5) is 25.2. The second-order valence-corrected chi connectivity index (χ2v) is 9.74. The second kappa shape index (κ2) is 11.7. The Kier molecular flexibility index (Phi) is 8.99. The normalized spacial score (nSPS) is 12.0. The minimum atomic E-state index is -0.407. The molecule has 0 aliphatic carbocycles. The number of rotatable bonds is 9. The Bertz CT molecular complexity index is 1180. The molecule has 0 unspecified atom stereocenters. The third-order valence-electron chi connectivity index (χ3n) is 5.17. The molecule has 0 saturated heterocycles. The summed E-state index contributed by atoms with van der Waals surface area (Å²) < 4.78 is 1.89. The van der Waals surface area contributed by atoms with Gasteiger partial charge in [-0.1, -0.05) is 67.0 Å². The van der Waals surface area contributed by atoms with Crippen LogP contribution in [-0.4, -0.2) is 32.3 Å². The van der Waals surface area contributed by atoms with Crippen LogP contribution in [0.15, 0.2) is 47.6 Å². The van der Waals surface area contributed by atoms with Crippen LogP contribution in [0.1, 0.15) is 61.4 Å². The molecule has 1 atom stereocenters. The van der Waals surface area contributed by atoms with Crippen molar-refractivity contribution in [1.29, 1.82) is 0 Å². The zero-order chi connectivity index (χ0) is 24.8. The van der Waals surface area contributed by atoms with Crippen molar-refractivity contribution in [3.8, 4) is 0 Å². The maximum absolute atomic E-state index is 12.6. The van der Waals surface area contributed by atoms with Gasteiger partial charge in [-0.25, -0.2) is 0 Å². The van der Waals surface area contributed by atoms with Crippen molar-refractivity contribution in [2.75, 3.05) is 11.1 Å². The number of hydrogen-bond acceptors (Lipinski definition) is 5. The Morgan fingerprint density at radius 3 is 2.47 bits per heavy atom. The number of thioether (sulfide) groups is 1. The molecule has 0 radical (unpaired) electrons. The van der Waals surface area contributed by atoms with Crippen molar-refractivity contribution in [1.82, 2.24) is 20.1 Å². The number of nitrogens with zero attached hydrogens (tertiary/aromatic N) is 3. The summed E-state index contributed by atoms with van der Waals surface area (Å²) in [5.74, 6) is 0.675. The quantitative estimate of drug-likeness (QED) is 0.341. The number of carbonyl (C=O) groups is 2. The fourth-order valence-corrected chi connectivity index (χ4v) is 4.54. The van der Waals surface area contributed by atoms with Gasteiger partial charge in [0.05, 0.1) is 21.8 Å². The molecule has 3 rings (SSSR count). The average molecular weight is 520 g/mol. The number of benzene rings is 2. The van der Waals surface area contributed by atoms with Gasteiger partial charge in [-0.15, -0.1) is 10.2 Å². The first-order valence-electron chi connectivity index (χ1n) is 10.9. The molecular formula is C24H27Cl2N5O2S. The lowest BCUT2D eigenvalue weighted by atomic mass is 10.0. The Morgan fingerprint density at radius 2 is 1.79 bits per heavy atom. The van der Waals surface area contributed by atoms with Gasteiger partial charge in [0.1, 0.15) is 0 Å². The van der Waals surface area contributed by atoms with Crippen LogP contribution in [0.25, 0.3) is 0 Å². The third-order valence-corrected chi connectivity index (χ3v) is 6.87. The molecule has 180 valence electrons. The van der Waals surface area contributed by atoms with Gasteiger partial charge in [0, 0.05) is 17.8 Å². The number of hydrogen-bond donors (Lipinski definition) is 2. The lowest BCUT2D eigenvalue weighted by Crippen LogP contribution is -2.28. The predicted octanol–water partition coefficient (Wildman–Crippen LogP) is 5.95. The van der Waals surface area contributed by atoms with Crippen LogP contribution in [0.2, 0.25) is 10.0 Å². The van der Waals surface area contributed by atoms with E-state index in [1.807, 2.05) is 42.7 Å². The number of aromatic nitrogens is 3. The highest BCUT2D eigenvalue weighted by Gasteiger charge is 2.21. The molecule has 0 aliphatic rings. The Labute approximate surface area is 213 Å². The lowest BCUT2D eigenvalue weighted by Gasteiger charge is -2.15. The number of para-hydroxylation sites is 1. The molecule has 7 nitrogen and oxygen atoms in total. The van der Waals surface area contributed by atoms with Crippen molar-refractivity contribution in [3.63, 3.8) is 0 Å². The standard InChI is InChI=1S/C24H27Cl2N5O2S/c1-5-31-22(15(4)27-23(33)16-10-11-18(25)19(26)12-16)29-30-24(31)34-13-21(32)28-20-9-7-6-8-17(20)14(2)3/h6-12,14-15H,5,13H2,1-4H3,(H,27,33)(H,28,32)/t15-/m1/s1. The van der Waals surface area contributed by atoms with Gasteiger partial charge in [0.25, 0.3) is 5.91 Å². The molecule has 2 N–H and O–H groups in total. The van der Waals surface area contributed by atoms with E-state index >= 15 is 0 Å². The zero-order valence-electron chi connectivity index (χ0n) is 19.4. The minimum absolute atomic E-state index is 0.119. The molecule has 0 saturated carbocycles. The molecule has 2 aromatic carbocycles. The average Bonchev–Trinajstić information content (AvgIpc) is 3.22. The summed E-state index contributed by atoms with van der Waals surface area (Å²) >= 11 is 13.3. The van der Waals surface area contributed by atoms with Crippen molar-refractivity contribution in [2.24, 2.45) is 0 Å². The molecule has 34 heavy (non-hydrogen) atoms. The molecule has 0 aliphatic heterocycles. The van der Waals surface area contributed by atoms with Gasteiger partial charge in [0.2, 0.25) is 5.91 Å². The van der Waals surface area contributed by atoms with Crippen LogP contribution in [-0.2, 0) is 11.3 Å². The maximum Gasteiger partial charge on any atom is 0.251 e. The summed E-state index contributed by atoms with van der Waals surface area (Å²) in [7, 11) is 0. The fraction of sp³-hybridized carbons (Fsp3) is 0.333. The monoisotopic (exact) mass is 519 g/mol. The van der Waals surface area contributed by atoms with E-state index in [0.717, 1.165) is 11.3 Å². The van der Waals surface area contributed by atoms with Crippen LogP contribution >= 0.6 is 35.0 Å². The summed E-state index contributed by atoms with van der Waals surface area (Å²) in [6, 6.07) is 12.1. The summed E-state index contributed by atoms with van der Waals surface area (Å²) in [5, 5.41) is 15.7. The molecular weight excluding hydrogens is 493 g/mol. The van der Waals surface area contributed by atoms with Crippen molar-refractivity contribution >= 4 is 52.5 Å². The number of carbonyl (C=O) groups excluding carboxylic acids is 2. The number of amides is 2. The Hall–Kier alpha value is -2.55. The van der Waals surface area contributed by atoms with Crippen LogP contribution in [0.4, 0.5) is 5.69 Å². The minimum Gasteiger partial charge on any atom is -0.342 e. The Morgan fingerprint density at radius 1 is 1.06 bits per heavy atom. The molecule has 1 heterocycles. The molecule has 0 spiro atoms. The van der Waals surface area contributed by atoms with Crippen molar-refractivity contribution in [3.05, 3.63) is 69.5 Å². The van der Waals surface area contributed by atoms with Crippen molar-refractivity contribution in [2.45, 2.75) is 51.4 Å². The molecule has 10 heteroatoms. The topological polar surface area (TPSA) is 88.9 Å². The van der Waals surface area contributed by atoms with Crippen LogP contribution in [0, 0.1) is 0 Å². The first kappa shape index (κ1) is 26.1. The molecule has 0 fully saturated rings. The van der Waals surface area contributed by atoms with E-state index in [0.29, 0.717) is 39.1 Å². The van der Waals surface area contributed by atoms with Crippen molar-refractivity contribution < 1.29 is 9.59 Å². The number of nitrogens with one attached hydrogen (secondary N) is 2. The number of anilines is 1. The summed E-state index contributed by atoms with van der Waals surface area (Å²) in [5.41, 5.74) is 2.31. The molecule has 1 aromatic heterocycles. The summed E-state index contributed by atoms with van der Waals surface area (Å²) in [6.45, 7) is 8.56. The fourth-order valence-electron chi connectivity index (χ4n) is 3.44. The first-order chi connectivity index (χ1) is 16.2. The van der Waals surface area contributed by atoms with Crippen LogP contribution in [0.3, 0.4) is 0 Å². The second-order valence-electron chi connectivity index (χ2n) is 7.99. The number of halogens is 2. The maximum atomic E-state index is 12.6. The van der Waals surface area contributed by atoms with E-state index in [-0.39, 0.29) is 17.6 Å². The molecule has 3 aromatic rings. The zero-order valence-corrected chi connectivity index (χ0v) is 21.8. The highest BCUT2D eigenvalue weighted by molar-refractivity contribution is 7.99. The van der Waals surface area contributed by atoms with Gasteiger partial charge in [-0.05, 0) is 49.6 Å². The van der Waals surface area contributed by atoms with E-state index in [4.69, 9.17) is 23.2 Å². The van der Waals surface area contributed by atoms with Gasteiger partial charge in [0.15, 0.2) is 11.0 Å². The largest absolute Gasteiger partial charge is 0.342 e. The van der Waals surface area contributed by atoms with E-state index in [9.17, 15) is 9.59 Å². The highest BCUT2D eigenvalue weighted by atomic mass is 35.5. The smallest absolute Gasteiger partial charge is 0.251 e. The van der Waals surface area contributed by atoms with E-state index in [1.54, 1.807) is 12.1 Å². The predicted molar refractivity (Wildman–Crippen MR) is 138 cm³/mol. The van der Waals surface area contributed by atoms with Gasteiger partial charge >= 0.3 is 0 Å². The van der Waals surface area contributed by atoms with E-state index < -0.39 is 6.04 Å². The third kappa shape index (κ3) is 6.31. The van der Waals surface area contributed by atoms with E-state index in [1.165, 1.54) is 17.8 Å². The SMILES string of the molecule is CCn1c(SCC(=O)Nc2ccccc2C(C)C)nnc1[C@@H](C)NC(=O)c1ccc(Cl)c(Cl)c1. The van der Waals surface area contributed by atoms with Gasteiger partial charge < -0.3 is 15.2 Å². The van der Waals surface area contributed by atoms with Crippen LogP contribution in [0.5, 0.6) is 0 Å². The van der Waals surface area contributed by atoms with Crippen LogP contribution < -0.4 is 10.6 Å². The highest BCUT2D eigenvalue weighted by Crippen LogP contribution is 2.26.